The average Bonchev–Trinajstić information content (AvgIpc) is 2.30. The van der Waals surface area contributed by atoms with E-state index in [1.165, 1.54) is 18.2 Å². The van der Waals surface area contributed by atoms with Gasteiger partial charge in [-0.15, -0.1) is 0 Å². The molecule has 5 heteroatoms. The van der Waals surface area contributed by atoms with Crippen molar-refractivity contribution in [3.63, 3.8) is 0 Å². The van der Waals surface area contributed by atoms with Crippen LogP contribution in [0.2, 0.25) is 0 Å². The van der Waals surface area contributed by atoms with Crippen LogP contribution in [0.5, 0.6) is 5.75 Å². The molecule has 0 unspecified atom stereocenters. The first-order valence-electron chi connectivity index (χ1n) is 5.18. The topological polar surface area (TPSA) is 35.2 Å². The van der Waals surface area contributed by atoms with Gasteiger partial charge in [-0.1, -0.05) is 28.1 Å². The second-order valence-corrected chi connectivity index (χ2v) is 4.63. The average molecular weight is 314 g/mol. The maximum Gasteiger partial charge on any atom is 0.152 e. The van der Waals surface area contributed by atoms with E-state index < -0.39 is 11.6 Å². The quantitative estimate of drug-likeness (QED) is 0.873. The third-order valence-electron chi connectivity index (χ3n) is 2.34. The van der Waals surface area contributed by atoms with Crippen LogP contribution < -0.4 is 10.5 Å². The Kier molecular flexibility index (Phi) is 3.81. The van der Waals surface area contributed by atoms with Gasteiger partial charge in [0.2, 0.25) is 0 Å². The highest BCUT2D eigenvalue weighted by atomic mass is 79.9. The summed E-state index contributed by atoms with van der Waals surface area (Å²) < 4.78 is 32.6. The fourth-order valence-corrected chi connectivity index (χ4v) is 1.93. The van der Waals surface area contributed by atoms with Crippen molar-refractivity contribution in [1.29, 1.82) is 0 Å². The van der Waals surface area contributed by atoms with Gasteiger partial charge in [0.1, 0.15) is 18.2 Å². The largest absolute Gasteiger partial charge is 0.489 e. The summed E-state index contributed by atoms with van der Waals surface area (Å²) in [5, 5.41) is 0. The molecule has 2 aromatic carbocycles. The highest BCUT2D eigenvalue weighted by Crippen LogP contribution is 2.22. The van der Waals surface area contributed by atoms with Crippen molar-refractivity contribution < 1.29 is 13.5 Å². The van der Waals surface area contributed by atoms with E-state index in [4.69, 9.17) is 10.5 Å². The minimum Gasteiger partial charge on any atom is -0.489 e. The first kappa shape index (κ1) is 12.8. The molecule has 0 saturated carbocycles. The fraction of sp³-hybridized carbons (Fsp3) is 0.0769. The Labute approximate surface area is 112 Å². The number of hydrogen-bond acceptors (Lipinski definition) is 2. The Balaban J connectivity index is 2.14. The zero-order valence-electron chi connectivity index (χ0n) is 9.29. The summed E-state index contributed by atoms with van der Waals surface area (Å²) in [5.41, 5.74) is 5.84. The van der Waals surface area contributed by atoms with Gasteiger partial charge in [0.25, 0.3) is 0 Å². The molecule has 0 heterocycles. The monoisotopic (exact) mass is 313 g/mol. The Morgan fingerprint density at radius 1 is 1.17 bits per heavy atom. The first-order chi connectivity index (χ1) is 8.56. The van der Waals surface area contributed by atoms with Crippen LogP contribution in [0.15, 0.2) is 40.9 Å². The number of anilines is 1. The Morgan fingerprint density at radius 3 is 2.67 bits per heavy atom. The maximum absolute atomic E-state index is 13.6. The minimum atomic E-state index is -0.507. The van der Waals surface area contributed by atoms with Crippen molar-refractivity contribution in [1.82, 2.24) is 0 Å². The normalized spacial score (nSPS) is 10.4. The summed E-state index contributed by atoms with van der Waals surface area (Å²) in [7, 11) is 0. The molecule has 18 heavy (non-hydrogen) atoms. The number of ether oxygens (including phenoxy) is 1. The van der Waals surface area contributed by atoms with E-state index in [1.54, 1.807) is 18.2 Å². The second kappa shape index (κ2) is 5.35. The zero-order valence-corrected chi connectivity index (χ0v) is 10.9. The summed E-state index contributed by atoms with van der Waals surface area (Å²) in [6.07, 6.45) is 0. The van der Waals surface area contributed by atoms with Crippen LogP contribution in [0.3, 0.4) is 0 Å². The van der Waals surface area contributed by atoms with Crippen molar-refractivity contribution in [2.75, 3.05) is 5.73 Å². The van der Waals surface area contributed by atoms with Gasteiger partial charge in [0.05, 0.1) is 5.69 Å². The van der Waals surface area contributed by atoms with Crippen LogP contribution in [-0.2, 0) is 6.61 Å². The molecule has 0 aromatic heterocycles. The molecular formula is C13H10BrF2NO. The van der Waals surface area contributed by atoms with Gasteiger partial charge in [-0.25, -0.2) is 8.78 Å². The SMILES string of the molecule is Nc1cccc(COc2cc(F)cc(Br)c2)c1F. The molecule has 0 aliphatic rings. The molecule has 0 atom stereocenters. The van der Waals surface area contributed by atoms with Crippen LogP contribution >= 0.6 is 15.9 Å². The van der Waals surface area contributed by atoms with E-state index >= 15 is 0 Å². The highest BCUT2D eigenvalue weighted by molar-refractivity contribution is 9.10. The number of nitrogens with two attached hydrogens (primary N) is 1. The molecule has 2 rings (SSSR count). The Morgan fingerprint density at radius 2 is 1.94 bits per heavy atom. The molecule has 0 aliphatic heterocycles. The second-order valence-electron chi connectivity index (χ2n) is 3.71. The zero-order chi connectivity index (χ0) is 13.1. The third kappa shape index (κ3) is 2.98. The molecule has 0 aliphatic carbocycles. The van der Waals surface area contributed by atoms with E-state index in [0.29, 0.717) is 15.8 Å². The number of nitrogen functional groups attached to an aromatic ring is 1. The van der Waals surface area contributed by atoms with Gasteiger partial charge in [-0.2, -0.15) is 0 Å². The lowest BCUT2D eigenvalue weighted by atomic mass is 10.2. The lowest BCUT2D eigenvalue weighted by Gasteiger charge is -2.08. The molecule has 0 fully saturated rings. The summed E-state index contributed by atoms with van der Waals surface area (Å²) in [4.78, 5) is 0. The van der Waals surface area contributed by atoms with Gasteiger partial charge >= 0.3 is 0 Å². The van der Waals surface area contributed by atoms with Crippen LogP contribution in [0.25, 0.3) is 0 Å². The van der Waals surface area contributed by atoms with Gasteiger partial charge in [-0.05, 0) is 18.2 Å². The molecule has 2 N–H and O–H groups in total. The molecule has 0 bridgehead atoms. The van der Waals surface area contributed by atoms with Crippen LogP contribution in [0, 0.1) is 11.6 Å². The minimum absolute atomic E-state index is 0.00718. The van der Waals surface area contributed by atoms with Crippen molar-refractivity contribution in [3.05, 3.63) is 58.1 Å². The van der Waals surface area contributed by atoms with E-state index in [9.17, 15) is 8.78 Å². The predicted molar refractivity (Wildman–Crippen MR) is 69.2 cm³/mol. The highest BCUT2D eigenvalue weighted by Gasteiger charge is 2.07. The number of benzene rings is 2. The van der Waals surface area contributed by atoms with Crippen LogP contribution in [0.1, 0.15) is 5.56 Å². The molecule has 2 aromatic rings. The molecule has 0 saturated heterocycles. The van der Waals surface area contributed by atoms with Crippen LogP contribution in [0.4, 0.5) is 14.5 Å². The molecule has 94 valence electrons. The first-order valence-corrected chi connectivity index (χ1v) is 5.97. The Bertz CT molecular complexity index is 555. The molecule has 0 radical (unpaired) electrons. The maximum atomic E-state index is 13.6. The Hall–Kier alpha value is -1.62. The standard InChI is InChI=1S/C13H10BrF2NO/c14-9-4-10(15)6-11(5-9)18-7-8-2-1-3-12(17)13(8)16/h1-6H,7,17H2. The van der Waals surface area contributed by atoms with Gasteiger partial charge in [-0.3, -0.25) is 0 Å². The summed E-state index contributed by atoms with van der Waals surface area (Å²) in [5.74, 6) is -0.607. The lowest BCUT2D eigenvalue weighted by molar-refractivity contribution is 0.298. The van der Waals surface area contributed by atoms with E-state index in [2.05, 4.69) is 15.9 Å². The number of rotatable bonds is 3. The molecular weight excluding hydrogens is 304 g/mol. The van der Waals surface area contributed by atoms with Crippen molar-refractivity contribution in [2.45, 2.75) is 6.61 Å². The van der Waals surface area contributed by atoms with Crippen molar-refractivity contribution in [3.8, 4) is 5.75 Å². The lowest BCUT2D eigenvalue weighted by Crippen LogP contribution is -2.01. The predicted octanol–water partition coefficient (Wildman–Crippen LogP) is 3.89. The molecule has 2 nitrogen and oxygen atoms in total. The smallest absolute Gasteiger partial charge is 0.152 e. The number of hydrogen-bond donors (Lipinski definition) is 1. The third-order valence-corrected chi connectivity index (χ3v) is 2.80. The van der Waals surface area contributed by atoms with Crippen molar-refractivity contribution in [2.24, 2.45) is 0 Å². The summed E-state index contributed by atoms with van der Waals surface area (Å²) in [6, 6.07) is 8.83. The van der Waals surface area contributed by atoms with Gasteiger partial charge in [0.15, 0.2) is 5.82 Å². The van der Waals surface area contributed by atoms with E-state index in [1.807, 2.05) is 0 Å². The molecule has 0 spiro atoms. The number of halogens is 3. The fourth-order valence-electron chi connectivity index (χ4n) is 1.48. The summed E-state index contributed by atoms with van der Waals surface area (Å²) in [6.45, 7) is -0.00718. The van der Waals surface area contributed by atoms with Gasteiger partial charge in [0, 0.05) is 16.1 Å². The van der Waals surface area contributed by atoms with E-state index in [0.717, 1.165) is 0 Å². The summed E-state index contributed by atoms with van der Waals surface area (Å²) >= 11 is 3.15. The van der Waals surface area contributed by atoms with Gasteiger partial charge < -0.3 is 10.5 Å². The molecule has 0 amide bonds. The van der Waals surface area contributed by atoms with E-state index in [-0.39, 0.29) is 12.3 Å². The van der Waals surface area contributed by atoms with Crippen LogP contribution in [-0.4, -0.2) is 0 Å². The van der Waals surface area contributed by atoms with Crippen molar-refractivity contribution >= 4 is 21.6 Å².